The summed E-state index contributed by atoms with van der Waals surface area (Å²) in [7, 11) is 0. The average molecular weight is 315 g/mol. The molecule has 0 aromatic carbocycles. The lowest BCUT2D eigenvalue weighted by Crippen LogP contribution is -2.44. The number of carbonyl (C=O) groups is 1. The van der Waals surface area contributed by atoms with E-state index >= 15 is 0 Å². The van der Waals surface area contributed by atoms with Crippen molar-refractivity contribution in [2.24, 2.45) is 11.3 Å². The molecule has 1 aliphatic heterocycles. The van der Waals surface area contributed by atoms with Crippen LogP contribution in [0.1, 0.15) is 51.6 Å². The maximum atomic E-state index is 12.3. The van der Waals surface area contributed by atoms with Gasteiger partial charge in [0.1, 0.15) is 0 Å². The molecule has 4 nitrogen and oxygen atoms in total. The number of aromatic nitrogens is 1. The normalized spacial score (nSPS) is 25.4. The average Bonchev–Trinajstić information content (AvgIpc) is 2.94. The van der Waals surface area contributed by atoms with Crippen molar-refractivity contribution in [2.45, 2.75) is 58.5 Å². The number of nitrogens with zero attached hydrogens (tertiary/aromatic N) is 2. The summed E-state index contributed by atoms with van der Waals surface area (Å²) in [6, 6.07) is 6.54. The Kier molecular flexibility index (Phi) is 5.00. The molecule has 1 amide bonds. The van der Waals surface area contributed by atoms with Crippen molar-refractivity contribution in [3.8, 4) is 0 Å². The molecule has 2 aliphatic rings. The molecule has 0 spiro atoms. The fraction of sp³-hybridized carbons (Fsp3) is 0.684. The number of nitrogens with one attached hydrogen (secondary N) is 1. The van der Waals surface area contributed by atoms with Gasteiger partial charge in [0.15, 0.2) is 0 Å². The molecular weight excluding hydrogens is 286 g/mol. The number of carbonyl (C=O) groups excluding carboxylic acids is 1. The Morgan fingerprint density at radius 3 is 2.70 bits per heavy atom. The summed E-state index contributed by atoms with van der Waals surface area (Å²) >= 11 is 0. The first-order valence-corrected chi connectivity index (χ1v) is 8.95. The van der Waals surface area contributed by atoms with Crippen molar-refractivity contribution in [3.63, 3.8) is 0 Å². The predicted octanol–water partition coefficient (Wildman–Crippen LogP) is 2.99. The third-order valence-electron chi connectivity index (χ3n) is 5.53. The van der Waals surface area contributed by atoms with E-state index in [0.29, 0.717) is 12.0 Å². The van der Waals surface area contributed by atoms with E-state index in [4.69, 9.17) is 0 Å². The number of rotatable bonds is 4. The van der Waals surface area contributed by atoms with Crippen LogP contribution in [0.3, 0.4) is 0 Å². The lowest BCUT2D eigenvalue weighted by atomic mass is 9.90. The zero-order valence-corrected chi connectivity index (χ0v) is 14.4. The monoisotopic (exact) mass is 315 g/mol. The lowest BCUT2D eigenvalue weighted by molar-refractivity contribution is -0.126. The Bertz CT molecular complexity index is 521. The summed E-state index contributed by atoms with van der Waals surface area (Å²) < 4.78 is 0. The molecular formula is C19H29N3O. The van der Waals surface area contributed by atoms with Gasteiger partial charge < -0.3 is 10.2 Å². The van der Waals surface area contributed by atoms with Crippen LogP contribution in [0.5, 0.6) is 0 Å². The highest BCUT2D eigenvalue weighted by atomic mass is 16.1. The van der Waals surface area contributed by atoms with Crippen molar-refractivity contribution in [1.29, 1.82) is 0 Å². The van der Waals surface area contributed by atoms with E-state index in [0.717, 1.165) is 37.7 Å². The minimum absolute atomic E-state index is 0.171. The third kappa shape index (κ3) is 4.31. The molecule has 1 atom stereocenters. The first-order valence-electron chi connectivity index (χ1n) is 8.95. The van der Waals surface area contributed by atoms with Crippen LogP contribution in [0, 0.1) is 11.3 Å². The van der Waals surface area contributed by atoms with E-state index < -0.39 is 0 Å². The Morgan fingerprint density at radius 2 is 2.09 bits per heavy atom. The number of pyridine rings is 1. The molecule has 1 aliphatic carbocycles. The van der Waals surface area contributed by atoms with Gasteiger partial charge in [-0.05, 0) is 62.7 Å². The Morgan fingerprint density at radius 1 is 1.30 bits per heavy atom. The zero-order valence-electron chi connectivity index (χ0n) is 14.4. The van der Waals surface area contributed by atoms with Gasteiger partial charge in [-0.2, -0.15) is 0 Å². The largest absolute Gasteiger partial charge is 0.350 e. The third-order valence-corrected chi connectivity index (χ3v) is 5.53. The summed E-state index contributed by atoms with van der Waals surface area (Å²) in [5.74, 6) is 0.367. The maximum Gasteiger partial charge on any atom is 0.223 e. The van der Waals surface area contributed by atoms with Crippen LogP contribution >= 0.6 is 0 Å². The standard InChI is InChI=1S/C19H29N3O/c1-19(2)9-6-17(13-19)22-11-7-15(8-12-22)18(23)21-14-16-5-3-4-10-20-16/h3-5,10,15,17H,6-9,11-14H2,1-2H3,(H,21,23). The molecule has 0 bridgehead atoms. The second-order valence-corrected chi connectivity index (χ2v) is 7.91. The number of piperidine rings is 1. The van der Waals surface area contributed by atoms with Crippen LogP contribution in [-0.2, 0) is 11.3 Å². The molecule has 23 heavy (non-hydrogen) atoms. The van der Waals surface area contributed by atoms with Crippen LogP contribution in [0.4, 0.5) is 0 Å². The topological polar surface area (TPSA) is 45.2 Å². The molecule has 3 rings (SSSR count). The number of likely N-dealkylation sites (tertiary alicyclic amines) is 1. The Hall–Kier alpha value is -1.42. The molecule has 126 valence electrons. The summed E-state index contributed by atoms with van der Waals surface area (Å²) in [6.07, 6.45) is 7.72. The van der Waals surface area contributed by atoms with Gasteiger partial charge in [0.05, 0.1) is 12.2 Å². The van der Waals surface area contributed by atoms with Crippen molar-refractivity contribution in [2.75, 3.05) is 13.1 Å². The first kappa shape index (κ1) is 16.4. The van der Waals surface area contributed by atoms with E-state index in [2.05, 4.69) is 29.0 Å². The van der Waals surface area contributed by atoms with E-state index in [9.17, 15) is 4.79 Å². The van der Waals surface area contributed by atoms with Gasteiger partial charge in [-0.1, -0.05) is 19.9 Å². The fourth-order valence-electron chi connectivity index (χ4n) is 4.06. The van der Waals surface area contributed by atoms with E-state index in [1.54, 1.807) is 6.20 Å². The summed E-state index contributed by atoms with van der Waals surface area (Å²) in [5.41, 5.74) is 1.42. The molecule has 2 fully saturated rings. The number of amides is 1. The zero-order chi connectivity index (χ0) is 16.3. The lowest BCUT2D eigenvalue weighted by Gasteiger charge is -2.36. The number of hydrogen-bond donors (Lipinski definition) is 1. The van der Waals surface area contributed by atoms with Crippen molar-refractivity contribution < 1.29 is 4.79 Å². The van der Waals surface area contributed by atoms with Gasteiger partial charge >= 0.3 is 0 Å². The van der Waals surface area contributed by atoms with E-state index in [-0.39, 0.29) is 11.8 Å². The van der Waals surface area contributed by atoms with Gasteiger partial charge in [0.25, 0.3) is 0 Å². The molecule has 2 heterocycles. The highest BCUT2D eigenvalue weighted by Crippen LogP contribution is 2.40. The molecule has 1 aromatic heterocycles. The first-order chi connectivity index (χ1) is 11.0. The Labute approximate surface area is 139 Å². The highest BCUT2D eigenvalue weighted by molar-refractivity contribution is 5.78. The highest BCUT2D eigenvalue weighted by Gasteiger charge is 2.36. The minimum Gasteiger partial charge on any atom is -0.350 e. The van der Waals surface area contributed by atoms with Gasteiger partial charge in [-0.15, -0.1) is 0 Å². The summed E-state index contributed by atoms with van der Waals surface area (Å²) in [4.78, 5) is 19.2. The second-order valence-electron chi connectivity index (χ2n) is 7.91. The quantitative estimate of drug-likeness (QED) is 0.929. The molecule has 1 saturated heterocycles. The van der Waals surface area contributed by atoms with Crippen LogP contribution in [0.15, 0.2) is 24.4 Å². The summed E-state index contributed by atoms with van der Waals surface area (Å²) in [5, 5.41) is 3.05. The van der Waals surface area contributed by atoms with Gasteiger partial charge in [-0.3, -0.25) is 9.78 Å². The summed E-state index contributed by atoms with van der Waals surface area (Å²) in [6.45, 7) is 7.44. The van der Waals surface area contributed by atoms with Gasteiger partial charge in [-0.25, -0.2) is 0 Å². The van der Waals surface area contributed by atoms with Crippen molar-refractivity contribution in [3.05, 3.63) is 30.1 Å². The number of hydrogen-bond acceptors (Lipinski definition) is 3. The molecule has 1 saturated carbocycles. The minimum atomic E-state index is 0.171. The SMILES string of the molecule is CC1(C)CCC(N2CCC(C(=O)NCc3ccccn3)CC2)C1. The van der Waals surface area contributed by atoms with Gasteiger partial charge in [0, 0.05) is 18.2 Å². The predicted molar refractivity (Wildman–Crippen MR) is 91.8 cm³/mol. The van der Waals surface area contributed by atoms with Crippen LogP contribution in [0.2, 0.25) is 0 Å². The molecule has 1 N–H and O–H groups in total. The van der Waals surface area contributed by atoms with E-state index in [1.807, 2.05) is 18.2 Å². The van der Waals surface area contributed by atoms with Crippen LogP contribution in [0.25, 0.3) is 0 Å². The molecule has 1 unspecified atom stereocenters. The van der Waals surface area contributed by atoms with E-state index in [1.165, 1.54) is 19.3 Å². The van der Waals surface area contributed by atoms with Crippen molar-refractivity contribution >= 4 is 5.91 Å². The van der Waals surface area contributed by atoms with Crippen LogP contribution in [-0.4, -0.2) is 34.9 Å². The molecule has 4 heteroatoms. The fourth-order valence-corrected chi connectivity index (χ4v) is 4.06. The maximum absolute atomic E-state index is 12.3. The molecule has 1 aromatic rings. The Balaban J connectivity index is 1.43. The molecule has 0 radical (unpaired) electrons. The van der Waals surface area contributed by atoms with Crippen LogP contribution < -0.4 is 5.32 Å². The van der Waals surface area contributed by atoms with Crippen molar-refractivity contribution in [1.82, 2.24) is 15.2 Å². The smallest absolute Gasteiger partial charge is 0.223 e. The van der Waals surface area contributed by atoms with Gasteiger partial charge in [0.2, 0.25) is 5.91 Å². The second kappa shape index (κ2) is 7.00.